The van der Waals surface area contributed by atoms with Crippen molar-refractivity contribution in [1.29, 1.82) is 0 Å². The minimum absolute atomic E-state index is 0.105. The lowest BCUT2D eigenvalue weighted by molar-refractivity contribution is -0.115. The Morgan fingerprint density at radius 3 is 2.93 bits per heavy atom. The van der Waals surface area contributed by atoms with Crippen LogP contribution in [0.5, 0.6) is 5.75 Å². The fourth-order valence-corrected chi connectivity index (χ4v) is 4.08. The van der Waals surface area contributed by atoms with Crippen LogP contribution >= 0.6 is 11.8 Å². The molecule has 0 fully saturated rings. The normalized spacial score (nSPS) is 12.4. The summed E-state index contributed by atoms with van der Waals surface area (Å²) in [4.78, 5) is 12.9. The number of nitrogens with zero attached hydrogens (tertiary/aromatic N) is 3. The number of amides is 1. The molecule has 0 saturated carbocycles. The van der Waals surface area contributed by atoms with Crippen molar-refractivity contribution >= 4 is 40.0 Å². The number of carbonyl (C=O) groups is 1. The maximum absolute atomic E-state index is 12.9. The van der Waals surface area contributed by atoms with Gasteiger partial charge in [-0.1, -0.05) is 30.8 Å². The molecule has 1 amide bonds. The molecule has 7 nitrogen and oxygen atoms in total. The number of hydrogen-bond donors (Lipinski definition) is 1. The first-order valence-electron chi connectivity index (χ1n) is 8.94. The van der Waals surface area contributed by atoms with E-state index in [2.05, 4.69) is 15.5 Å². The second-order valence-corrected chi connectivity index (χ2v) is 7.54. The highest BCUT2D eigenvalue weighted by Crippen LogP contribution is 2.32. The summed E-state index contributed by atoms with van der Waals surface area (Å²) >= 11 is 1.39. The lowest BCUT2D eigenvalue weighted by Crippen LogP contribution is -2.25. The molecule has 28 heavy (non-hydrogen) atoms. The topological polar surface area (TPSA) is 81.7 Å². The molecule has 3 heterocycles. The first kappa shape index (κ1) is 18.4. The molecule has 144 valence electrons. The molecule has 0 bridgehead atoms. The van der Waals surface area contributed by atoms with E-state index in [1.807, 2.05) is 54.6 Å². The number of rotatable bonds is 6. The smallest absolute Gasteiger partial charge is 0.238 e. The Morgan fingerprint density at radius 2 is 2.14 bits per heavy atom. The number of hydrogen-bond acceptors (Lipinski definition) is 6. The highest BCUT2D eigenvalue weighted by Gasteiger charge is 2.22. The lowest BCUT2D eigenvalue weighted by atomic mass is 10.2. The zero-order valence-corrected chi connectivity index (χ0v) is 16.6. The van der Waals surface area contributed by atoms with Crippen molar-refractivity contribution in [3.63, 3.8) is 0 Å². The van der Waals surface area contributed by atoms with Gasteiger partial charge in [-0.3, -0.25) is 9.20 Å². The van der Waals surface area contributed by atoms with E-state index in [0.29, 0.717) is 22.9 Å². The number of fused-ring (bicyclic) bond motifs is 3. The Balaban J connectivity index is 1.61. The van der Waals surface area contributed by atoms with E-state index in [-0.39, 0.29) is 11.2 Å². The lowest BCUT2D eigenvalue weighted by Gasteiger charge is -2.16. The molecule has 0 spiro atoms. The van der Waals surface area contributed by atoms with Crippen molar-refractivity contribution in [3.8, 4) is 5.75 Å². The molecule has 0 aliphatic carbocycles. The summed E-state index contributed by atoms with van der Waals surface area (Å²) < 4.78 is 13.0. The number of thioether (sulfide) groups is 1. The molecule has 1 atom stereocenters. The fraction of sp³-hybridized carbons (Fsp3) is 0.250. The minimum atomic E-state index is -0.326. The van der Waals surface area contributed by atoms with E-state index in [9.17, 15) is 4.79 Å². The van der Waals surface area contributed by atoms with Gasteiger partial charge in [-0.2, -0.15) is 0 Å². The molecule has 4 rings (SSSR count). The number of carbonyl (C=O) groups excluding carboxylic acids is 1. The number of anilines is 1. The summed E-state index contributed by atoms with van der Waals surface area (Å²) in [6.07, 6.45) is 2.30. The van der Waals surface area contributed by atoms with Crippen molar-refractivity contribution in [2.75, 3.05) is 12.4 Å². The predicted molar refractivity (Wildman–Crippen MR) is 109 cm³/mol. The number of aryl methyl sites for hydroxylation is 1. The average molecular weight is 396 g/mol. The highest BCUT2D eigenvalue weighted by molar-refractivity contribution is 8.00. The second kappa shape index (κ2) is 7.55. The van der Waals surface area contributed by atoms with Gasteiger partial charge >= 0.3 is 0 Å². The van der Waals surface area contributed by atoms with Crippen LogP contribution in [0.1, 0.15) is 19.1 Å². The van der Waals surface area contributed by atoms with Crippen LogP contribution in [0.3, 0.4) is 0 Å². The first-order valence-corrected chi connectivity index (χ1v) is 9.82. The van der Waals surface area contributed by atoms with Crippen LogP contribution in [0.4, 0.5) is 5.69 Å². The van der Waals surface area contributed by atoms with Crippen LogP contribution in [0.25, 0.3) is 16.6 Å². The van der Waals surface area contributed by atoms with Crippen molar-refractivity contribution in [2.24, 2.45) is 0 Å². The van der Waals surface area contributed by atoms with Crippen LogP contribution in [-0.4, -0.2) is 32.9 Å². The minimum Gasteiger partial charge on any atom is -0.495 e. The van der Waals surface area contributed by atoms with Gasteiger partial charge in [0.05, 0.1) is 29.1 Å². The average Bonchev–Trinajstić information content (AvgIpc) is 3.23. The SMILES string of the molecule is CC[C@@H](Sc1nncn2c1cc1oc(C)cc12)C(=O)Nc1ccccc1OC. The third-order valence-corrected chi connectivity index (χ3v) is 5.81. The number of ether oxygens (including phenoxy) is 1. The third kappa shape index (κ3) is 3.31. The van der Waals surface area contributed by atoms with E-state index in [4.69, 9.17) is 9.15 Å². The Hall–Kier alpha value is -3.00. The van der Waals surface area contributed by atoms with Gasteiger partial charge in [0.15, 0.2) is 5.58 Å². The van der Waals surface area contributed by atoms with Gasteiger partial charge in [0.2, 0.25) is 5.91 Å². The maximum atomic E-state index is 12.9. The van der Waals surface area contributed by atoms with E-state index >= 15 is 0 Å². The van der Waals surface area contributed by atoms with Gasteiger partial charge in [0.25, 0.3) is 0 Å². The number of para-hydroxylation sites is 2. The van der Waals surface area contributed by atoms with Crippen LogP contribution in [0, 0.1) is 6.92 Å². The molecule has 4 aromatic rings. The standard InChI is InChI=1S/C20H20N4O3S/c1-4-18(19(25)22-13-7-5-6-8-16(13)26-3)28-20-15-10-17-14(9-12(2)27-17)24(15)11-21-23-20/h5-11,18H,4H2,1-3H3,(H,22,25)/t18-/m1/s1. The van der Waals surface area contributed by atoms with E-state index in [0.717, 1.165) is 22.4 Å². The van der Waals surface area contributed by atoms with Crippen LogP contribution in [-0.2, 0) is 4.79 Å². The van der Waals surface area contributed by atoms with Gasteiger partial charge in [-0.25, -0.2) is 0 Å². The molecule has 1 aromatic carbocycles. The van der Waals surface area contributed by atoms with Crippen LogP contribution in [0.2, 0.25) is 0 Å². The molecule has 1 N–H and O–H groups in total. The summed E-state index contributed by atoms with van der Waals surface area (Å²) in [5, 5.41) is 11.7. The Kier molecular flexibility index (Phi) is 4.95. The summed E-state index contributed by atoms with van der Waals surface area (Å²) in [5.74, 6) is 1.36. The largest absolute Gasteiger partial charge is 0.495 e. The van der Waals surface area contributed by atoms with Gasteiger partial charge < -0.3 is 14.5 Å². The van der Waals surface area contributed by atoms with E-state index < -0.39 is 0 Å². The Labute approximate surface area is 166 Å². The quantitative estimate of drug-likeness (QED) is 0.489. The van der Waals surface area contributed by atoms with Crippen molar-refractivity contribution in [3.05, 3.63) is 48.5 Å². The molecular formula is C20H20N4O3S. The number of aromatic nitrogens is 3. The highest BCUT2D eigenvalue weighted by atomic mass is 32.2. The first-order chi connectivity index (χ1) is 13.6. The van der Waals surface area contributed by atoms with Gasteiger partial charge in [-0.05, 0) is 25.5 Å². The molecule has 0 saturated heterocycles. The zero-order chi connectivity index (χ0) is 19.7. The van der Waals surface area contributed by atoms with Crippen molar-refractivity contribution in [1.82, 2.24) is 14.6 Å². The molecule has 0 aliphatic heterocycles. The van der Waals surface area contributed by atoms with E-state index in [1.165, 1.54) is 11.8 Å². The van der Waals surface area contributed by atoms with Crippen LogP contribution in [0.15, 0.2) is 52.2 Å². The summed E-state index contributed by atoms with van der Waals surface area (Å²) in [5.41, 5.74) is 3.24. The summed E-state index contributed by atoms with van der Waals surface area (Å²) in [6, 6.07) is 11.2. The Morgan fingerprint density at radius 1 is 1.32 bits per heavy atom. The van der Waals surface area contributed by atoms with Gasteiger partial charge in [-0.15, -0.1) is 10.2 Å². The van der Waals surface area contributed by atoms with Crippen molar-refractivity contribution < 1.29 is 13.9 Å². The van der Waals surface area contributed by atoms with Gasteiger partial charge in [0.1, 0.15) is 22.9 Å². The van der Waals surface area contributed by atoms with E-state index in [1.54, 1.807) is 13.4 Å². The van der Waals surface area contributed by atoms with Crippen molar-refractivity contribution in [2.45, 2.75) is 30.5 Å². The maximum Gasteiger partial charge on any atom is 0.238 e. The predicted octanol–water partition coefficient (Wildman–Crippen LogP) is 4.30. The molecular weight excluding hydrogens is 376 g/mol. The van der Waals surface area contributed by atoms with Gasteiger partial charge in [0, 0.05) is 12.1 Å². The number of furan rings is 1. The Bertz CT molecular complexity index is 1150. The number of nitrogens with one attached hydrogen (secondary N) is 1. The molecule has 3 aromatic heterocycles. The number of methoxy groups -OCH3 is 1. The number of benzene rings is 1. The summed E-state index contributed by atoms with van der Waals surface area (Å²) in [7, 11) is 1.58. The fourth-order valence-electron chi connectivity index (χ4n) is 3.11. The second-order valence-electron chi connectivity index (χ2n) is 6.35. The molecule has 8 heteroatoms. The third-order valence-electron chi connectivity index (χ3n) is 4.47. The molecule has 0 unspecified atom stereocenters. The summed E-state index contributed by atoms with van der Waals surface area (Å²) in [6.45, 7) is 3.88. The monoisotopic (exact) mass is 396 g/mol. The zero-order valence-electron chi connectivity index (χ0n) is 15.8. The molecule has 0 radical (unpaired) electrons. The van der Waals surface area contributed by atoms with Crippen LogP contribution < -0.4 is 10.1 Å². The molecule has 0 aliphatic rings.